The zero-order valence-corrected chi connectivity index (χ0v) is 11.7. The minimum absolute atomic E-state index is 0.653. The van der Waals surface area contributed by atoms with Crippen LogP contribution in [0.25, 0.3) is 0 Å². The first-order chi connectivity index (χ1) is 7.77. The predicted molar refractivity (Wildman–Crippen MR) is 69.7 cm³/mol. The summed E-state index contributed by atoms with van der Waals surface area (Å²) in [5.74, 6) is 0. The summed E-state index contributed by atoms with van der Waals surface area (Å²) in [5.41, 5.74) is 0. The number of hydrogen-bond donors (Lipinski definition) is 1. The number of unbranched alkanes of at least 4 members (excludes halogenated alkanes) is 2. The maximum absolute atomic E-state index is 8.37. The summed E-state index contributed by atoms with van der Waals surface area (Å²) in [4.78, 5) is 1.25. The van der Waals surface area contributed by atoms with Gasteiger partial charge in [-0.25, -0.2) is 0 Å². The highest BCUT2D eigenvalue weighted by Crippen LogP contribution is 2.34. The van der Waals surface area contributed by atoms with Gasteiger partial charge in [-0.15, -0.1) is 11.3 Å². The number of ether oxygens (including phenoxy) is 1. The molecular formula is C11H15BrN2OS. The third-order valence-electron chi connectivity index (χ3n) is 2.08. The van der Waals surface area contributed by atoms with E-state index in [1.165, 1.54) is 4.88 Å². The molecule has 0 saturated carbocycles. The fraction of sp³-hybridized carbons (Fsp3) is 0.545. The van der Waals surface area contributed by atoms with Gasteiger partial charge in [0.05, 0.1) is 17.7 Å². The number of hydrogen-bond acceptors (Lipinski definition) is 4. The van der Waals surface area contributed by atoms with E-state index in [1.807, 2.05) is 0 Å². The van der Waals surface area contributed by atoms with E-state index in [4.69, 9.17) is 10.00 Å². The average Bonchev–Trinajstić information content (AvgIpc) is 2.64. The second-order valence-electron chi connectivity index (χ2n) is 3.34. The molecule has 1 aromatic rings. The molecule has 0 radical (unpaired) electrons. The van der Waals surface area contributed by atoms with Crippen molar-refractivity contribution >= 4 is 27.3 Å². The van der Waals surface area contributed by atoms with Gasteiger partial charge < -0.3 is 10.1 Å². The summed E-state index contributed by atoms with van der Waals surface area (Å²) in [7, 11) is 1.68. The largest absolute Gasteiger partial charge is 0.486 e. The van der Waals surface area contributed by atoms with Crippen LogP contribution in [0.5, 0.6) is 5.06 Å². The minimum Gasteiger partial charge on any atom is -0.486 e. The molecule has 3 nitrogen and oxygen atoms in total. The summed E-state index contributed by atoms with van der Waals surface area (Å²) in [6, 6.07) is 4.22. The normalized spacial score (nSPS) is 10.1. The van der Waals surface area contributed by atoms with Crippen LogP contribution in [0.15, 0.2) is 10.5 Å². The Labute approximate surface area is 109 Å². The first kappa shape index (κ1) is 13.5. The van der Waals surface area contributed by atoms with Crippen LogP contribution in [-0.2, 0) is 6.54 Å². The summed E-state index contributed by atoms with van der Waals surface area (Å²) in [6.07, 6.45) is 2.68. The molecule has 16 heavy (non-hydrogen) atoms. The van der Waals surface area contributed by atoms with Crippen molar-refractivity contribution < 1.29 is 4.74 Å². The quantitative estimate of drug-likeness (QED) is 0.786. The highest BCUT2D eigenvalue weighted by atomic mass is 79.9. The van der Waals surface area contributed by atoms with Crippen molar-refractivity contribution in [3.8, 4) is 11.1 Å². The molecule has 0 aromatic carbocycles. The van der Waals surface area contributed by atoms with Crippen LogP contribution >= 0.6 is 27.3 Å². The van der Waals surface area contributed by atoms with Crippen molar-refractivity contribution in [2.75, 3.05) is 13.7 Å². The van der Waals surface area contributed by atoms with Crippen molar-refractivity contribution in [3.63, 3.8) is 0 Å². The molecular weight excluding hydrogens is 288 g/mol. The van der Waals surface area contributed by atoms with Crippen LogP contribution in [0.4, 0.5) is 0 Å². The molecule has 0 fully saturated rings. The number of methoxy groups -OCH3 is 1. The molecule has 0 atom stereocenters. The van der Waals surface area contributed by atoms with Crippen LogP contribution in [-0.4, -0.2) is 13.7 Å². The zero-order chi connectivity index (χ0) is 11.8. The number of rotatable bonds is 7. The van der Waals surface area contributed by atoms with E-state index < -0.39 is 0 Å². The third kappa shape index (κ3) is 4.52. The van der Waals surface area contributed by atoms with E-state index >= 15 is 0 Å². The van der Waals surface area contributed by atoms with Crippen LogP contribution in [0.1, 0.15) is 24.1 Å². The number of nitrogens with zero attached hydrogens (tertiary/aromatic N) is 1. The number of thiophene rings is 1. The monoisotopic (exact) mass is 302 g/mol. The lowest BCUT2D eigenvalue weighted by Crippen LogP contribution is -2.13. The fourth-order valence-corrected chi connectivity index (χ4v) is 2.95. The maximum atomic E-state index is 8.37. The van der Waals surface area contributed by atoms with Crippen molar-refractivity contribution in [1.82, 2.24) is 5.32 Å². The first-order valence-electron chi connectivity index (χ1n) is 5.17. The summed E-state index contributed by atoms with van der Waals surface area (Å²) >= 11 is 5.09. The molecule has 5 heteroatoms. The van der Waals surface area contributed by atoms with Crippen LogP contribution in [0.3, 0.4) is 0 Å². The smallest absolute Gasteiger partial charge is 0.188 e. The van der Waals surface area contributed by atoms with Gasteiger partial charge in [0.25, 0.3) is 0 Å². The molecule has 0 aliphatic carbocycles. The van der Waals surface area contributed by atoms with Crippen LogP contribution in [0, 0.1) is 11.3 Å². The van der Waals surface area contributed by atoms with Crippen molar-refractivity contribution in [1.29, 1.82) is 5.26 Å². The summed E-state index contributed by atoms with van der Waals surface area (Å²) in [6.45, 7) is 1.82. The molecule has 1 aromatic heterocycles. The Morgan fingerprint density at radius 3 is 3.00 bits per heavy atom. The molecule has 0 unspecified atom stereocenters. The molecule has 1 N–H and O–H groups in total. The Balaban J connectivity index is 2.19. The molecule has 1 rings (SSSR count). The molecule has 88 valence electrons. The zero-order valence-electron chi connectivity index (χ0n) is 9.25. The fourth-order valence-electron chi connectivity index (χ4n) is 1.29. The first-order valence-corrected chi connectivity index (χ1v) is 6.78. The van der Waals surface area contributed by atoms with Gasteiger partial charge in [-0.2, -0.15) is 5.26 Å². The van der Waals surface area contributed by atoms with Gasteiger partial charge in [0.15, 0.2) is 5.06 Å². The van der Waals surface area contributed by atoms with E-state index in [-0.39, 0.29) is 0 Å². The SMILES string of the molecule is COc1sc(CNCCCCC#N)cc1Br. The lowest BCUT2D eigenvalue weighted by molar-refractivity contribution is 0.425. The van der Waals surface area contributed by atoms with Crippen molar-refractivity contribution in [3.05, 3.63) is 15.4 Å². The lowest BCUT2D eigenvalue weighted by Gasteiger charge is -2.00. The molecule has 0 amide bonds. The van der Waals surface area contributed by atoms with Gasteiger partial charge in [-0.3, -0.25) is 0 Å². The molecule has 0 aliphatic heterocycles. The second kappa shape index (κ2) is 7.66. The van der Waals surface area contributed by atoms with E-state index in [0.717, 1.165) is 35.5 Å². The van der Waals surface area contributed by atoms with Gasteiger partial charge in [0, 0.05) is 17.8 Å². The Kier molecular flexibility index (Phi) is 6.46. The Morgan fingerprint density at radius 2 is 2.38 bits per heavy atom. The Bertz CT molecular complexity index is 359. The molecule has 1 heterocycles. The van der Waals surface area contributed by atoms with E-state index in [1.54, 1.807) is 18.4 Å². The van der Waals surface area contributed by atoms with Gasteiger partial charge in [-0.1, -0.05) is 0 Å². The van der Waals surface area contributed by atoms with Crippen molar-refractivity contribution in [2.45, 2.75) is 25.8 Å². The van der Waals surface area contributed by atoms with Crippen molar-refractivity contribution in [2.24, 2.45) is 0 Å². The van der Waals surface area contributed by atoms with E-state index in [0.29, 0.717) is 6.42 Å². The van der Waals surface area contributed by atoms with Gasteiger partial charge in [0.1, 0.15) is 0 Å². The van der Waals surface area contributed by atoms with Crippen LogP contribution in [0.2, 0.25) is 0 Å². The number of nitriles is 1. The van der Waals surface area contributed by atoms with E-state index in [2.05, 4.69) is 33.4 Å². The van der Waals surface area contributed by atoms with Gasteiger partial charge in [0.2, 0.25) is 0 Å². The second-order valence-corrected chi connectivity index (χ2v) is 5.30. The third-order valence-corrected chi connectivity index (χ3v) is 4.03. The topological polar surface area (TPSA) is 45.0 Å². The van der Waals surface area contributed by atoms with E-state index in [9.17, 15) is 0 Å². The maximum Gasteiger partial charge on any atom is 0.188 e. The molecule has 0 bridgehead atoms. The lowest BCUT2D eigenvalue weighted by atomic mass is 10.2. The van der Waals surface area contributed by atoms with Gasteiger partial charge in [-0.05, 0) is 41.4 Å². The molecule has 0 aliphatic rings. The predicted octanol–water partition coefficient (Wildman–Crippen LogP) is 3.30. The Morgan fingerprint density at radius 1 is 1.56 bits per heavy atom. The average molecular weight is 303 g/mol. The number of halogens is 1. The van der Waals surface area contributed by atoms with Crippen LogP contribution < -0.4 is 10.1 Å². The molecule has 0 saturated heterocycles. The number of nitrogens with one attached hydrogen (secondary N) is 1. The highest BCUT2D eigenvalue weighted by Gasteiger charge is 2.05. The Hall–Kier alpha value is -0.570. The highest BCUT2D eigenvalue weighted by molar-refractivity contribution is 9.10. The standard InChI is InChI=1S/C11H15BrN2OS/c1-15-11-10(12)7-9(16-11)8-14-6-4-2-3-5-13/h7,14H,2-4,6,8H2,1H3. The minimum atomic E-state index is 0.653. The van der Waals surface area contributed by atoms with Gasteiger partial charge >= 0.3 is 0 Å². The molecule has 0 spiro atoms. The summed E-state index contributed by atoms with van der Waals surface area (Å²) < 4.78 is 6.21. The summed E-state index contributed by atoms with van der Waals surface area (Å²) in [5, 5.41) is 12.6.